The predicted octanol–water partition coefficient (Wildman–Crippen LogP) is 0.731. The van der Waals surface area contributed by atoms with Crippen LogP contribution in [0.5, 0.6) is 0 Å². The lowest BCUT2D eigenvalue weighted by Gasteiger charge is -2.35. The van der Waals surface area contributed by atoms with E-state index in [0.29, 0.717) is 13.0 Å². The Bertz CT molecular complexity index is 245. The Labute approximate surface area is 95.4 Å². The van der Waals surface area contributed by atoms with Crippen LogP contribution in [0.15, 0.2) is 0 Å². The molecule has 0 bridgehead atoms. The minimum atomic E-state index is -1.17. The number of hydrogen-bond acceptors (Lipinski definition) is 3. The molecule has 1 amide bonds. The van der Waals surface area contributed by atoms with Crippen molar-refractivity contribution in [2.75, 3.05) is 13.1 Å². The van der Waals surface area contributed by atoms with Crippen LogP contribution in [0.1, 0.15) is 27.2 Å². The van der Waals surface area contributed by atoms with Crippen molar-refractivity contribution in [1.29, 1.82) is 0 Å². The molecule has 1 aliphatic rings. The Balaban J connectivity index is 2.48. The smallest absolute Gasteiger partial charge is 0.251 e. The van der Waals surface area contributed by atoms with Crippen molar-refractivity contribution in [3.8, 4) is 0 Å². The third-order valence-electron chi connectivity index (χ3n) is 2.60. The highest BCUT2D eigenvalue weighted by molar-refractivity contribution is 5.80. The maximum absolute atomic E-state index is 13.7. The second-order valence-electron chi connectivity index (χ2n) is 4.49. The fraction of sp³-hybridized carbons (Fsp3) is 0.909. The fourth-order valence-corrected chi connectivity index (χ4v) is 1.85. The van der Waals surface area contributed by atoms with Gasteiger partial charge in [-0.15, -0.1) is 0 Å². The van der Waals surface area contributed by atoms with E-state index in [1.54, 1.807) is 0 Å². The van der Waals surface area contributed by atoms with E-state index in [2.05, 4.69) is 0 Å². The standard InChI is InChI=1S/C11H20FNO3/c1-7(2)16-10-4-5-13(6-9(10)12)11(15)8(3)14/h7-10,14H,4-6H2,1-3H3/t8-,9-,10+/m1/s1. The Kier molecular flexibility index (Phi) is 4.68. The van der Waals surface area contributed by atoms with Crippen LogP contribution in [0.25, 0.3) is 0 Å². The van der Waals surface area contributed by atoms with Crippen LogP contribution in [0.4, 0.5) is 4.39 Å². The van der Waals surface area contributed by atoms with E-state index < -0.39 is 24.3 Å². The van der Waals surface area contributed by atoms with Gasteiger partial charge in [-0.25, -0.2) is 4.39 Å². The van der Waals surface area contributed by atoms with Gasteiger partial charge in [0.05, 0.1) is 18.8 Å². The van der Waals surface area contributed by atoms with E-state index in [9.17, 15) is 9.18 Å². The van der Waals surface area contributed by atoms with Crippen LogP contribution in [0, 0.1) is 0 Å². The summed E-state index contributed by atoms with van der Waals surface area (Å²) in [5.41, 5.74) is 0. The highest BCUT2D eigenvalue weighted by Crippen LogP contribution is 2.19. The summed E-state index contributed by atoms with van der Waals surface area (Å²) in [5, 5.41) is 9.13. The molecule has 0 aromatic carbocycles. The molecule has 5 heteroatoms. The molecule has 0 radical (unpaired) electrons. The summed E-state index contributed by atoms with van der Waals surface area (Å²) in [6.45, 7) is 5.58. The molecule has 1 aliphatic heterocycles. The van der Waals surface area contributed by atoms with Crippen LogP contribution in [-0.4, -0.2) is 53.5 Å². The Morgan fingerprint density at radius 1 is 1.50 bits per heavy atom. The van der Waals surface area contributed by atoms with Crippen molar-refractivity contribution in [1.82, 2.24) is 4.90 Å². The molecule has 0 aromatic heterocycles. The summed E-state index contributed by atoms with van der Waals surface area (Å²) in [7, 11) is 0. The number of alkyl halides is 1. The lowest BCUT2D eigenvalue weighted by atomic mass is 10.1. The van der Waals surface area contributed by atoms with Gasteiger partial charge in [0.1, 0.15) is 12.3 Å². The SMILES string of the molecule is CC(C)O[C@H]1CCN(C(=O)[C@@H](C)O)C[C@H]1F. The van der Waals surface area contributed by atoms with E-state index in [0.717, 1.165) is 0 Å². The summed E-state index contributed by atoms with van der Waals surface area (Å²) in [5.74, 6) is -0.411. The zero-order valence-electron chi connectivity index (χ0n) is 10.0. The Hall–Kier alpha value is -0.680. The number of nitrogens with zero attached hydrogens (tertiary/aromatic N) is 1. The van der Waals surface area contributed by atoms with E-state index in [-0.39, 0.29) is 12.6 Å². The number of hydrogen-bond donors (Lipinski definition) is 1. The molecule has 0 saturated carbocycles. The average Bonchev–Trinajstić information content (AvgIpc) is 2.19. The second-order valence-corrected chi connectivity index (χ2v) is 4.49. The molecule has 4 nitrogen and oxygen atoms in total. The Morgan fingerprint density at radius 2 is 2.12 bits per heavy atom. The molecule has 0 spiro atoms. The quantitative estimate of drug-likeness (QED) is 0.782. The van der Waals surface area contributed by atoms with Crippen molar-refractivity contribution in [3.05, 3.63) is 0 Å². The first-order valence-corrected chi connectivity index (χ1v) is 5.68. The van der Waals surface area contributed by atoms with Crippen molar-refractivity contribution in [3.63, 3.8) is 0 Å². The van der Waals surface area contributed by atoms with Gasteiger partial charge in [-0.05, 0) is 27.2 Å². The summed E-state index contributed by atoms with van der Waals surface area (Å²) in [4.78, 5) is 12.8. The highest BCUT2D eigenvalue weighted by Gasteiger charge is 2.33. The average molecular weight is 233 g/mol. The maximum atomic E-state index is 13.7. The minimum absolute atomic E-state index is 0.0118. The Morgan fingerprint density at radius 3 is 2.56 bits per heavy atom. The van der Waals surface area contributed by atoms with Gasteiger partial charge >= 0.3 is 0 Å². The number of halogens is 1. The molecule has 1 fully saturated rings. The van der Waals surface area contributed by atoms with E-state index in [1.165, 1.54) is 11.8 Å². The van der Waals surface area contributed by atoms with Gasteiger partial charge in [0.25, 0.3) is 5.91 Å². The zero-order valence-corrected chi connectivity index (χ0v) is 10.0. The van der Waals surface area contributed by atoms with Gasteiger partial charge in [-0.1, -0.05) is 0 Å². The number of ether oxygens (including phenoxy) is 1. The van der Waals surface area contributed by atoms with Gasteiger partial charge in [0.15, 0.2) is 0 Å². The number of aliphatic hydroxyl groups is 1. The zero-order chi connectivity index (χ0) is 12.3. The maximum Gasteiger partial charge on any atom is 0.251 e. The summed E-state index contributed by atoms with van der Waals surface area (Å²) in [6.07, 6.45) is -2.19. The monoisotopic (exact) mass is 233 g/mol. The normalized spacial score (nSPS) is 28.2. The van der Waals surface area contributed by atoms with Crippen molar-refractivity contribution in [2.24, 2.45) is 0 Å². The molecule has 0 aromatic rings. The predicted molar refractivity (Wildman–Crippen MR) is 57.8 cm³/mol. The summed E-state index contributed by atoms with van der Waals surface area (Å²) >= 11 is 0. The highest BCUT2D eigenvalue weighted by atomic mass is 19.1. The second kappa shape index (κ2) is 5.59. The van der Waals surface area contributed by atoms with E-state index in [4.69, 9.17) is 9.84 Å². The van der Waals surface area contributed by atoms with Crippen molar-refractivity contribution < 1.29 is 19.0 Å². The largest absolute Gasteiger partial charge is 0.384 e. The molecule has 94 valence electrons. The molecule has 3 atom stereocenters. The summed E-state index contributed by atoms with van der Waals surface area (Å²) < 4.78 is 19.1. The molecule has 16 heavy (non-hydrogen) atoms. The van der Waals surface area contributed by atoms with E-state index >= 15 is 0 Å². The van der Waals surface area contributed by atoms with Crippen LogP contribution < -0.4 is 0 Å². The number of likely N-dealkylation sites (tertiary alicyclic amines) is 1. The molecular formula is C11H20FNO3. The first-order chi connectivity index (χ1) is 7.41. The molecule has 0 unspecified atom stereocenters. The minimum Gasteiger partial charge on any atom is -0.384 e. The first kappa shape index (κ1) is 13.4. The van der Waals surface area contributed by atoms with Crippen molar-refractivity contribution >= 4 is 5.91 Å². The number of piperidine rings is 1. The van der Waals surface area contributed by atoms with Crippen LogP contribution >= 0.6 is 0 Å². The number of carbonyl (C=O) groups is 1. The molecule has 1 heterocycles. The fourth-order valence-electron chi connectivity index (χ4n) is 1.85. The number of aliphatic hydroxyl groups excluding tert-OH is 1. The van der Waals surface area contributed by atoms with E-state index in [1.807, 2.05) is 13.8 Å². The van der Waals surface area contributed by atoms with Crippen LogP contribution in [0.2, 0.25) is 0 Å². The number of amides is 1. The molecular weight excluding hydrogens is 213 g/mol. The van der Waals surface area contributed by atoms with Crippen molar-refractivity contribution in [2.45, 2.75) is 51.7 Å². The molecule has 1 saturated heterocycles. The summed E-state index contributed by atoms with van der Waals surface area (Å²) in [6, 6.07) is 0. The van der Waals surface area contributed by atoms with Crippen LogP contribution in [0.3, 0.4) is 0 Å². The third-order valence-corrected chi connectivity index (χ3v) is 2.60. The van der Waals surface area contributed by atoms with Crippen LogP contribution in [-0.2, 0) is 9.53 Å². The van der Waals surface area contributed by atoms with Gasteiger partial charge in [-0.3, -0.25) is 4.79 Å². The topological polar surface area (TPSA) is 49.8 Å². The first-order valence-electron chi connectivity index (χ1n) is 5.68. The van der Waals surface area contributed by atoms with Gasteiger partial charge in [0, 0.05) is 6.54 Å². The molecule has 1 rings (SSSR count). The van der Waals surface area contributed by atoms with Gasteiger partial charge in [-0.2, -0.15) is 0 Å². The lowest BCUT2D eigenvalue weighted by molar-refractivity contribution is -0.146. The number of carbonyl (C=O) groups excluding carboxylic acids is 1. The number of rotatable bonds is 3. The third kappa shape index (κ3) is 3.42. The van der Waals surface area contributed by atoms with Gasteiger partial charge in [0.2, 0.25) is 0 Å². The van der Waals surface area contributed by atoms with Gasteiger partial charge < -0.3 is 14.7 Å². The lowest BCUT2D eigenvalue weighted by Crippen LogP contribution is -2.51. The molecule has 1 N–H and O–H groups in total. The molecule has 0 aliphatic carbocycles.